The minimum Gasteiger partial charge on any atom is -0.376 e. The van der Waals surface area contributed by atoms with E-state index >= 15 is 0 Å². The van der Waals surface area contributed by atoms with Crippen molar-refractivity contribution in [3.8, 4) is 0 Å². The van der Waals surface area contributed by atoms with Crippen LogP contribution >= 0.6 is 0 Å². The van der Waals surface area contributed by atoms with Crippen LogP contribution in [0.1, 0.15) is 16.8 Å². The van der Waals surface area contributed by atoms with Crippen molar-refractivity contribution < 1.29 is 0 Å². The molecule has 0 fully saturated rings. The molecular formula is C14H17N5. The number of hydrogen-bond donors (Lipinski definition) is 1. The molecule has 0 saturated carbocycles. The topological polar surface area (TPSA) is 57.2 Å². The van der Waals surface area contributed by atoms with E-state index in [1.54, 1.807) is 12.4 Å². The summed E-state index contributed by atoms with van der Waals surface area (Å²) >= 11 is 0. The van der Waals surface area contributed by atoms with Gasteiger partial charge >= 0.3 is 0 Å². The van der Waals surface area contributed by atoms with Gasteiger partial charge in [-0.2, -0.15) is 5.10 Å². The number of rotatable bonds is 4. The number of anilines is 1. The molecule has 0 saturated heterocycles. The van der Waals surface area contributed by atoms with Crippen LogP contribution in [0.5, 0.6) is 0 Å². The van der Waals surface area contributed by atoms with Crippen molar-refractivity contribution in [3.05, 3.63) is 41.5 Å². The molecule has 2 rings (SSSR count). The van der Waals surface area contributed by atoms with Crippen LogP contribution in [0.2, 0.25) is 0 Å². The Hall–Kier alpha value is -2.43. The summed E-state index contributed by atoms with van der Waals surface area (Å²) in [5.41, 5.74) is 4.73. The zero-order valence-corrected chi connectivity index (χ0v) is 11.4. The van der Waals surface area contributed by atoms with Crippen LogP contribution in [0.15, 0.2) is 29.6 Å². The van der Waals surface area contributed by atoms with E-state index in [-0.39, 0.29) is 0 Å². The third-order valence-electron chi connectivity index (χ3n) is 2.87. The van der Waals surface area contributed by atoms with Crippen molar-refractivity contribution in [3.63, 3.8) is 0 Å². The lowest BCUT2D eigenvalue weighted by Crippen LogP contribution is -2.09. The van der Waals surface area contributed by atoms with Crippen molar-refractivity contribution in [2.45, 2.75) is 6.92 Å². The molecule has 0 aliphatic rings. The first-order chi connectivity index (χ1) is 9.11. The number of aromatic nitrogens is 3. The van der Waals surface area contributed by atoms with Crippen molar-refractivity contribution in [2.75, 3.05) is 19.0 Å². The van der Waals surface area contributed by atoms with Crippen LogP contribution in [-0.4, -0.2) is 36.0 Å². The SMILES string of the molecule is C=N/C(=C\c1cn[nH]c1C)c1cncc(N(C)C)c1. The molecule has 0 aliphatic heterocycles. The maximum atomic E-state index is 4.23. The lowest BCUT2D eigenvalue weighted by molar-refractivity contribution is 1.05. The first-order valence-corrected chi connectivity index (χ1v) is 5.93. The van der Waals surface area contributed by atoms with Crippen molar-refractivity contribution in [2.24, 2.45) is 4.99 Å². The molecule has 0 aromatic carbocycles. The molecule has 0 bridgehead atoms. The minimum atomic E-state index is 0.778. The minimum absolute atomic E-state index is 0.778. The number of pyridine rings is 1. The standard InChI is InChI=1S/C14H17N5/c1-10-11(8-17-18-10)6-14(15-2)12-5-13(19(3)4)9-16-7-12/h5-9H,2H2,1,3-4H3,(H,17,18)/b14-6-. The van der Waals surface area contributed by atoms with Gasteiger partial charge in [0.1, 0.15) is 0 Å². The summed E-state index contributed by atoms with van der Waals surface area (Å²) in [5.74, 6) is 0. The molecular weight excluding hydrogens is 238 g/mol. The molecule has 98 valence electrons. The first kappa shape index (κ1) is 13.0. The average molecular weight is 255 g/mol. The van der Waals surface area contributed by atoms with Gasteiger partial charge in [0, 0.05) is 37.1 Å². The molecule has 0 aliphatic carbocycles. The molecule has 0 amide bonds. The largest absolute Gasteiger partial charge is 0.376 e. The van der Waals surface area contributed by atoms with E-state index < -0.39 is 0 Å². The highest BCUT2D eigenvalue weighted by Gasteiger charge is 2.05. The predicted molar refractivity (Wildman–Crippen MR) is 79.3 cm³/mol. The fraction of sp³-hybridized carbons (Fsp3) is 0.214. The molecule has 5 heteroatoms. The maximum Gasteiger partial charge on any atom is 0.0718 e. The van der Waals surface area contributed by atoms with Crippen LogP contribution in [0.3, 0.4) is 0 Å². The molecule has 19 heavy (non-hydrogen) atoms. The number of hydrogen-bond acceptors (Lipinski definition) is 4. The van der Waals surface area contributed by atoms with E-state index in [0.717, 1.165) is 28.2 Å². The zero-order chi connectivity index (χ0) is 13.8. The van der Waals surface area contributed by atoms with Gasteiger partial charge in [0.15, 0.2) is 0 Å². The molecule has 0 spiro atoms. The molecule has 2 aromatic rings. The fourth-order valence-corrected chi connectivity index (χ4v) is 1.69. The second-order valence-corrected chi connectivity index (χ2v) is 4.46. The summed E-state index contributed by atoms with van der Waals surface area (Å²) in [6, 6.07) is 2.03. The van der Waals surface area contributed by atoms with E-state index in [1.807, 2.05) is 44.3 Å². The number of aryl methyl sites for hydroxylation is 1. The Labute approximate surface area is 112 Å². The van der Waals surface area contributed by atoms with Crippen LogP contribution in [0.25, 0.3) is 11.8 Å². The van der Waals surface area contributed by atoms with E-state index in [4.69, 9.17) is 0 Å². The summed E-state index contributed by atoms with van der Waals surface area (Å²) in [5, 5.41) is 6.89. The number of aromatic amines is 1. The molecule has 0 radical (unpaired) electrons. The fourth-order valence-electron chi connectivity index (χ4n) is 1.69. The normalized spacial score (nSPS) is 11.4. The van der Waals surface area contributed by atoms with Gasteiger partial charge in [-0.15, -0.1) is 0 Å². The van der Waals surface area contributed by atoms with E-state index in [2.05, 4.69) is 26.9 Å². The lowest BCUT2D eigenvalue weighted by Gasteiger charge is -2.12. The van der Waals surface area contributed by atoms with Crippen molar-refractivity contribution in [1.29, 1.82) is 0 Å². The maximum absolute atomic E-state index is 4.23. The van der Waals surface area contributed by atoms with Gasteiger partial charge in [-0.3, -0.25) is 15.1 Å². The Kier molecular flexibility index (Phi) is 3.75. The van der Waals surface area contributed by atoms with Crippen LogP contribution in [0.4, 0.5) is 5.69 Å². The molecule has 5 nitrogen and oxygen atoms in total. The van der Waals surface area contributed by atoms with E-state index in [0.29, 0.717) is 0 Å². The Morgan fingerprint density at radius 1 is 1.37 bits per heavy atom. The van der Waals surface area contributed by atoms with Crippen molar-refractivity contribution in [1.82, 2.24) is 15.2 Å². The molecule has 0 atom stereocenters. The monoisotopic (exact) mass is 255 g/mol. The second-order valence-electron chi connectivity index (χ2n) is 4.46. The molecule has 2 aromatic heterocycles. The number of H-pyrrole nitrogens is 1. The predicted octanol–water partition coefficient (Wildman–Crippen LogP) is 2.38. The molecule has 1 N–H and O–H groups in total. The highest BCUT2D eigenvalue weighted by molar-refractivity contribution is 5.83. The van der Waals surface area contributed by atoms with E-state index in [9.17, 15) is 0 Å². The van der Waals surface area contributed by atoms with Gasteiger partial charge in [0.25, 0.3) is 0 Å². The van der Waals surface area contributed by atoms with Gasteiger partial charge in [-0.25, -0.2) is 0 Å². The summed E-state index contributed by atoms with van der Waals surface area (Å²) in [4.78, 5) is 10.3. The van der Waals surface area contributed by atoms with Gasteiger partial charge in [-0.1, -0.05) is 0 Å². The number of aliphatic imine (C=N–C) groups is 1. The lowest BCUT2D eigenvalue weighted by atomic mass is 10.1. The Morgan fingerprint density at radius 3 is 2.74 bits per heavy atom. The van der Waals surface area contributed by atoms with Crippen LogP contribution in [-0.2, 0) is 0 Å². The highest BCUT2D eigenvalue weighted by atomic mass is 15.1. The van der Waals surface area contributed by atoms with Gasteiger partial charge in [0.05, 0.1) is 23.8 Å². The Morgan fingerprint density at radius 2 is 2.16 bits per heavy atom. The third kappa shape index (κ3) is 2.88. The van der Waals surface area contributed by atoms with Gasteiger partial charge in [0.2, 0.25) is 0 Å². The van der Waals surface area contributed by atoms with Gasteiger partial charge in [-0.05, 0) is 25.8 Å². The second kappa shape index (κ2) is 5.48. The van der Waals surface area contributed by atoms with E-state index in [1.165, 1.54) is 0 Å². The zero-order valence-electron chi connectivity index (χ0n) is 11.4. The van der Waals surface area contributed by atoms with Crippen LogP contribution in [0, 0.1) is 6.92 Å². The average Bonchev–Trinajstić information content (AvgIpc) is 2.81. The van der Waals surface area contributed by atoms with Gasteiger partial charge < -0.3 is 4.90 Å². The Bertz CT molecular complexity index is 610. The quantitative estimate of drug-likeness (QED) is 0.853. The highest BCUT2D eigenvalue weighted by Crippen LogP contribution is 2.22. The summed E-state index contributed by atoms with van der Waals surface area (Å²) in [6.45, 7) is 5.60. The number of nitrogens with one attached hydrogen (secondary N) is 1. The van der Waals surface area contributed by atoms with Crippen molar-refractivity contribution >= 4 is 24.2 Å². The molecule has 2 heterocycles. The smallest absolute Gasteiger partial charge is 0.0718 e. The summed E-state index contributed by atoms with van der Waals surface area (Å²) < 4.78 is 0. The summed E-state index contributed by atoms with van der Waals surface area (Å²) in [6.07, 6.45) is 7.31. The first-order valence-electron chi connectivity index (χ1n) is 5.93. The summed E-state index contributed by atoms with van der Waals surface area (Å²) in [7, 11) is 3.96. The molecule has 0 unspecified atom stereocenters. The number of nitrogens with zero attached hydrogens (tertiary/aromatic N) is 4. The third-order valence-corrected chi connectivity index (χ3v) is 2.87. The van der Waals surface area contributed by atoms with Crippen LogP contribution < -0.4 is 4.90 Å². The Balaban J connectivity index is 2.43.